The van der Waals surface area contributed by atoms with Crippen LogP contribution >= 0.6 is 11.3 Å². The van der Waals surface area contributed by atoms with Crippen molar-refractivity contribution < 1.29 is 31.1 Å². The summed E-state index contributed by atoms with van der Waals surface area (Å²) < 4.78 is 80.5. The number of fused-ring (bicyclic) bond motifs is 1. The number of nitrogens with zero attached hydrogens (tertiary/aromatic N) is 2. The molecule has 0 bridgehead atoms. The van der Waals surface area contributed by atoms with Gasteiger partial charge in [0.05, 0.1) is 38.6 Å². The molecule has 1 atom stereocenters. The van der Waals surface area contributed by atoms with Gasteiger partial charge in [-0.1, -0.05) is 12.1 Å². The summed E-state index contributed by atoms with van der Waals surface area (Å²) in [5.74, 6) is -0.714. The number of thiazole rings is 1. The number of halogens is 6. The number of benzene rings is 2. The Labute approximate surface area is 186 Å². The Hall–Kier alpha value is -3.47. The Morgan fingerprint density at radius 2 is 1.64 bits per heavy atom. The van der Waals surface area contributed by atoms with Crippen molar-refractivity contribution in [2.45, 2.75) is 18.4 Å². The van der Waals surface area contributed by atoms with Gasteiger partial charge in [0.1, 0.15) is 0 Å². The molecule has 33 heavy (non-hydrogen) atoms. The molecule has 11 heteroatoms. The van der Waals surface area contributed by atoms with E-state index in [1.807, 2.05) is 0 Å². The molecule has 1 amide bonds. The summed E-state index contributed by atoms with van der Waals surface area (Å²) >= 11 is 1.28. The van der Waals surface area contributed by atoms with E-state index in [1.165, 1.54) is 23.5 Å². The van der Waals surface area contributed by atoms with E-state index >= 15 is 0 Å². The van der Waals surface area contributed by atoms with E-state index in [4.69, 9.17) is 0 Å². The number of carbonyl (C=O) groups is 1. The highest BCUT2D eigenvalue weighted by molar-refractivity contribution is 7.16. The van der Waals surface area contributed by atoms with E-state index < -0.39 is 41.1 Å². The second-order valence-corrected chi connectivity index (χ2v) is 7.88. The number of hydrogen-bond donors (Lipinski definition) is 1. The summed E-state index contributed by atoms with van der Waals surface area (Å²) in [6.07, 6.45) is -8.29. The number of aromatic nitrogens is 2. The lowest BCUT2D eigenvalue weighted by atomic mass is 9.97. The zero-order valence-electron chi connectivity index (χ0n) is 16.4. The first-order valence-corrected chi connectivity index (χ1v) is 10.3. The van der Waals surface area contributed by atoms with Gasteiger partial charge in [-0.2, -0.15) is 26.3 Å². The van der Waals surface area contributed by atoms with Crippen LogP contribution in [0.5, 0.6) is 0 Å². The van der Waals surface area contributed by atoms with Gasteiger partial charge in [0, 0.05) is 11.8 Å². The first kappa shape index (κ1) is 22.7. The number of carbonyl (C=O) groups excluding carboxylic acids is 1. The first-order chi connectivity index (χ1) is 15.5. The summed E-state index contributed by atoms with van der Waals surface area (Å²) in [7, 11) is 0. The number of amides is 1. The van der Waals surface area contributed by atoms with Crippen LogP contribution in [0, 0.1) is 0 Å². The number of rotatable bonds is 4. The maximum Gasteiger partial charge on any atom is 0.418 e. The highest BCUT2D eigenvalue weighted by atomic mass is 32.1. The lowest BCUT2D eigenvalue weighted by Crippen LogP contribution is -2.31. The smallest absolute Gasteiger partial charge is 0.340 e. The van der Waals surface area contributed by atoms with Crippen LogP contribution in [-0.4, -0.2) is 15.9 Å². The second kappa shape index (κ2) is 8.47. The molecule has 1 N–H and O–H groups in total. The van der Waals surface area contributed by atoms with Gasteiger partial charge in [0.15, 0.2) is 0 Å². The molecule has 0 fully saturated rings. The minimum absolute atomic E-state index is 0.0134. The molecule has 0 aliphatic rings. The summed E-state index contributed by atoms with van der Waals surface area (Å²) in [6.45, 7) is 0. The van der Waals surface area contributed by atoms with E-state index in [2.05, 4.69) is 15.3 Å². The van der Waals surface area contributed by atoms with Crippen LogP contribution in [0.25, 0.3) is 10.2 Å². The highest BCUT2D eigenvalue weighted by Gasteiger charge is 2.37. The van der Waals surface area contributed by atoms with Crippen molar-refractivity contribution in [1.29, 1.82) is 0 Å². The van der Waals surface area contributed by atoms with Crippen molar-refractivity contribution in [2.24, 2.45) is 0 Å². The summed E-state index contributed by atoms with van der Waals surface area (Å²) in [5.41, 5.74) is -0.192. The van der Waals surface area contributed by atoms with Crippen LogP contribution in [0.15, 0.2) is 66.3 Å². The van der Waals surface area contributed by atoms with Gasteiger partial charge in [-0.15, -0.1) is 11.3 Å². The first-order valence-electron chi connectivity index (χ1n) is 9.37. The fraction of sp³-hybridized carbons (Fsp3) is 0.136. The predicted molar refractivity (Wildman–Crippen MR) is 110 cm³/mol. The van der Waals surface area contributed by atoms with Gasteiger partial charge >= 0.3 is 12.4 Å². The van der Waals surface area contributed by atoms with E-state index in [9.17, 15) is 31.1 Å². The van der Waals surface area contributed by atoms with Gasteiger partial charge in [0.2, 0.25) is 0 Å². The molecule has 0 unspecified atom stereocenters. The van der Waals surface area contributed by atoms with Crippen molar-refractivity contribution >= 4 is 27.5 Å². The molecule has 0 spiro atoms. The molecule has 2 aromatic carbocycles. The highest BCUT2D eigenvalue weighted by Crippen LogP contribution is 2.36. The maximum absolute atomic E-state index is 13.6. The standard InChI is InChI=1S/C22H13F6N3OS/c23-21(24,25)14-6-3-12(4-7-14)18(19-15(22(26,27)28)2-1-9-29-19)31-20(32)13-5-8-16-17(10-13)33-11-30-16/h1-11,18H,(H,31,32)/t18-/m0/s1. The van der Waals surface area contributed by atoms with Gasteiger partial charge < -0.3 is 5.32 Å². The Kier molecular flexibility index (Phi) is 5.83. The normalized spacial score (nSPS) is 13.2. The largest absolute Gasteiger partial charge is 0.418 e. The lowest BCUT2D eigenvalue weighted by molar-refractivity contribution is -0.139. The minimum atomic E-state index is -4.79. The SMILES string of the molecule is O=C(N[C@@H](c1ccc(C(F)(F)F)cc1)c1ncccc1C(F)(F)F)c1ccc2ncsc2c1. The molecule has 0 aliphatic carbocycles. The summed E-state index contributed by atoms with van der Waals surface area (Å²) in [6, 6.07) is 8.57. The summed E-state index contributed by atoms with van der Waals surface area (Å²) in [4.78, 5) is 20.9. The third-order valence-electron chi connectivity index (χ3n) is 4.86. The molecule has 4 aromatic rings. The number of pyridine rings is 1. The molecule has 0 aliphatic heterocycles. The molecule has 0 saturated carbocycles. The minimum Gasteiger partial charge on any atom is -0.340 e. The molecular formula is C22H13F6N3OS. The molecule has 4 nitrogen and oxygen atoms in total. The Bertz CT molecular complexity index is 1300. The van der Waals surface area contributed by atoms with Crippen LogP contribution < -0.4 is 5.32 Å². The average molecular weight is 481 g/mol. The molecule has 4 rings (SSSR count). The van der Waals surface area contributed by atoms with Gasteiger partial charge in [-0.05, 0) is 48.0 Å². The number of alkyl halides is 6. The Morgan fingerprint density at radius 3 is 2.30 bits per heavy atom. The maximum atomic E-state index is 13.6. The zero-order valence-corrected chi connectivity index (χ0v) is 17.2. The summed E-state index contributed by atoms with van der Waals surface area (Å²) in [5, 5.41) is 2.50. The van der Waals surface area contributed by atoms with Gasteiger partial charge in [-0.25, -0.2) is 4.98 Å². The second-order valence-electron chi connectivity index (χ2n) is 7.00. The van der Waals surface area contributed by atoms with Crippen molar-refractivity contribution in [2.75, 3.05) is 0 Å². The average Bonchev–Trinajstić information content (AvgIpc) is 3.24. The number of hydrogen-bond acceptors (Lipinski definition) is 4. The fourth-order valence-electron chi connectivity index (χ4n) is 3.27. The van der Waals surface area contributed by atoms with Crippen LogP contribution in [0.4, 0.5) is 26.3 Å². The third-order valence-corrected chi connectivity index (χ3v) is 5.65. The molecule has 2 heterocycles. The van der Waals surface area contributed by atoms with Crippen LogP contribution in [0.3, 0.4) is 0 Å². The number of nitrogens with one attached hydrogen (secondary N) is 1. The fourth-order valence-corrected chi connectivity index (χ4v) is 3.99. The monoisotopic (exact) mass is 481 g/mol. The van der Waals surface area contributed by atoms with Gasteiger partial charge in [0.25, 0.3) is 5.91 Å². The van der Waals surface area contributed by atoms with Crippen LogP contribution in [-0.2, 0) is 12.4 Å². The molecule has 0 saturated heterocycles. The Morgan fingerprint density at radius 1 is 0.909 bits per heavy atom. The molecular weight excluding hydrogens is 468 g/mol. The quantitative estimate of drug-likeness (QED) is 0.351. The molecule has 2 aromatic heterocycles. The molecule has 0 radical (unpaired) electrons. The third kappa shape index (κ3) is 4.82. The predicted octanol–water partition coefficient (Wildman–Crippen LogP) is 6.25. The topological polar surface area (TPSA) is 54.9 Å². The van der Waals surface area contributed by atoms with Crippen LogP contribution in [0.1, 0.15) is 38.8 Å². The van der Waals surface area contributed by atoms with Crippen molar-refractivity contribution in [3.05, 3.63) is 94.3 Å². The van der Waals surface area contributed by atoms with E-state index in [0.717, 1.165) is 42.6 Å². The van der Waals surface area contributed by atoms with E-state index in [0.29, 0.717) is 10.2 Å². The van der Waals surface area contributed by atoms with Gasteiger partial charge in [-0.3, -0.25) is 9.78 Å². The lowest BCUT2D eigenvalue weighted by Gasteiger charge is -2.23. The zero-order chi connectivity index (χ0) is 23.8. The van der Waals surface area contributed by atoms with E-state index in [-0.39, 0.29) is 11.1 Å². The van der Waals surface area contributed by atoms with Crippen molar-refractivity contribution in [3.8, 4) is 0 Å². The Balaban J connectivity index is 1.77. The van der Waals surface area contributed by atoms with Crippen molar-refractivity contribution in [3.63, 3.8) is 0 Å². The van der Waals surface area contributed by atoms with Crippen LogP contribution in [0.2, 0.25) is 0 Å². The van der Waals surface area contributed by atoms with Crippen molar-refractivity contribution in [1.82, 2.24) is 15.3 Å². The van der Waals surface area contributed by atoms with E-state index in [1.54, 1.807) is 11.6 Å². The molecule has 170 valence electrons.